The van der Waals surface area contributed by atoms with Gasteiger partial charge in [-0.15, -0.1) is 0 Å². The molecule has 1 saturated heterocycles. The zero-order chi connectivity index (χ0) is 20.0. The lowest BCUT2D eigenvalue weighted by molar-refractivity contribution is -0.151. The first-order chi connectivity index (χ1) is 12.8. The first-order valence-corrected chi connectivity index (χ1v) is 8.47. The monoisotopic (exact) mass is 375 g/mol. The summed E-state index contributed by atoms with van der Waals surface area (Å²) >= 11 is 0. The number of carbonyl (C=O) groups is 5. The maximum absolute atomic E-state index is 12.8. The van der Waals surface area contributed by atoms with Gasteiger partial charge in [-0.05, 0) is 18.9 Å². The van der Waals surface area contributed by atoms with Crippen molar-refractivity contribution in [1.82, 2.24) is 15.8 Å². The van der Waals surface area contributed by atoms with Gasteiger partial charge in [0.25, 0.3) is 11.8 Å². The van der Waals surface area contributed by atoms with E-state index in [1.807, 2.05) is 0 Å². The number of amides is 4. The molecule has 1 heterocycles. The molecule has 0 aliphatic carbocycles. The Morgan fingerprint density at radius 3 is 2.41 bits per heavy atom. The van der Waals surface area contributed by atoms with Gasteiger partial charge in [0.05, 0.1) is 6.42 Å². The highest BCUT2D eigenvalue weighted by Crippen LogP contribution is 2.31. The number of hydrogen-bond acceptors (Lipinski definition) is 6. The smallest absolute Gasteiger partial charge is 0.344 e. The molecule has 144 valence electrons. The highest BCUT2D eigenvalue weighted by molar-refractivity contribution is 6.08. The number of hydrazine groups is 1. The predicted molar refractivity (Wildman–Crippen MR) is 92.8 cm³/mol. The first-order valence-electron chi connectivity index (χ1n) is 8.47. The zero-order valence-electron chi connectivity index (χ0n) is 15.1. The fraction of sp³-hybridized carbons (Fsp3) is 0.389. The minimum Gasteiger partial charge on any atom is -0.455 e. The number of urea groups is 1. The minimum absolute atomic E-state index is 0.0174. The Balaban J connectivity index is 2.00. The van der Waals surface area contributed by atoms with Gasteiger partial charge in [-0.25, -0.2) is 4.79 Å². The van der Waals surface area contributed by atoms with Gasteiger partial charge in [0, 0.05) is 6.42 Å². The van der Waals surface area contributed by atoms with Crippen molar-refractivity contribution in [1.29, 1.82) is 0 Å². The summed E-state index contributed by atoms with van der Waals surface area (Å²) < 4.78 is 4.73. The number of imide groups is 1. The van der Waals surface area contributed by atoms with Crippen LogP contribution in [0.5, 0.6) is 0 Å². The van der Waals surface area contributed by atoms with Crippen molar-refractivity contribution >= 4 is 29.6 Å². The molecule has 0 radical (unpaired) electrons. The maximum atomic E-state index is 12.8. The van der Waals surface area contributed by atoms with Crippen LogP contribution in [0.2, 0.25) is 0 Å². The molecule has 1 atom stereocenters. The summed E-state index contributed by atoms with van der Waals surface area (Å²) in [5.74, 6) is -2.36. The van der Waals surface area contributed by atoms with E-state index in [1.165, 1.54) is 6.92 Å². The first kappa shape index (κ1) is 20.1. The molecule has 0 spiro atoms. The van der Waals surface area contributed by atoms with Gasteiger partial charge in [-0.3, -0.25) is 19.8 Å². The van der Waals surface area contributed by atoms with Crippen LogP contribution in [0.15, 0.2) is 30.3 Å². The molecule has 0 unspecified atom stereocenters. The maximum Gasteiger partial charge on any atom is 0.344 e. The molecule has 0 saturated carbocycles. The van der Waals surface area contributed by atoms with Crippen molar-refractivity contribution in [2.24, 2.45) is 0 Å². The Bertz CT molecular complexity index is 764. The lowest BCUT2D eigenvalue weighted by Crippen LogP contribution is -2.49. The van der Waals surface area contributed by atoms with Gasteiger partial charge in [0.2, 0.25) is 0 Å². The fourth-order valence-corrected chi connectivity index (χ4v) is 2.69. The van der Waals surface area contributed by atoms with Crippen LogP contribution in [0.3, 0.4) is 0 Å². The Kier molecular flexibility index (Phi) is 6.27. The third-order valence-corrected chi connectivity index (χ3v) is 4.17. The molecule has 1 aromatic carbocycles. The topological polar surface area (TPSA) is 122 Å². The molecule has 0 bridgehead atoms. The second kappa shape index (κ2) is 8.43. The van der Waals surface area contributed by atoms with Gasteiger partial charge in [-0.1, -0.05) is 37.3 Å². The second-order valence-corrected chi connectivity index (χ2v) is 6.09. The van der Waals surface area contributed by atoms with Crippen molar-refractivity contribution in [2.45, 2.75) is 38.6 Å². The van der Waals surface area contributed by atoms with Crippen LogP contribution < -0.4 is 10.7 Å². The van der Waals surface area contributed by atoms with E-state index in [-0.39, 0.29) is 25.0 Å². The normalized spacial score (nSPS) is 18.8. The molecular weight excluding hydrogens is 354 g/mol. The van der Waals surface area contributed by atoms with Crippen molar-refractivity contribution in [3.63, 3.8) is 0 Å². The van der Waals surface area contributed by atoms with E-state index in [9.17, 15) is 24.0 Å². The number of nitrogens with one attached hydrogen (secondary N) is 2. The van der Waals surface area contributed by atoms with E-state index < -0.39 is 36.0 Å². The van der Waals surface area contributed by atoms with Gasteiger partial charge in [0.1, 0.15) is 11.3 Å². The standard InChI is InChI=1S/C18H21N3O6/c1-3-18(13-7-5-4-6-8-13)16(25)21(17(26)19-18)20-14(23)11-27-15(24)10-9-12(2)22/h4-8H,3,9-11H2,1-2H3,(H,19,26)(H,20,23)/t18-/m0/s1. The average Bonchev–Trinajstić information content (AvgIpc) is 2.90. The molecule has 27 heavy (non-hydrogen) atoms. The summed E-state index contributed by atoms with van der Waals surface area (Å²) in [7, 11) is 0. The summed E-state index contributed by atoms with van der Waals surface area (Å²) in [5.41, 5.74) is 1.47. The lowest BCUT2D eigenvalue weighted by atomic mass is 9.87. The molecule has 1 aromatic rings. The van der Waals surface area contributed by atoms with Gasteiger partial charge in [-0.2, -0.15) is 5.01 Å². The number of rotatable bonds is 8. The average molecular weight is 375 g/mol. The van der Waals surface area contributed by atoms with E-state index in [0.29, 0.717) is 10.6 Å². The molecule has 9 heteroatoms. The summed E-state index contributed by atoms with van der Waals surface area (Å²) in [6.45, 7) is 2.41. The van der Waals surface area contributed by atoms with E-state index in [2.05, 4.69) is 10.7 Å². The van der Waals surface area contributed by atoms with Crippen LogP contribution in [0.25, 0.3) is 0 Å². The zero-order valence-corrected chi connectivity index (χ0v) is 15.1. The number of ether oxygens (including phenoxy) is 1. The Labute approximate surface area is 156 Å². The molecule has 9 nitrogen and oxygen atoms in total. The summed E-state index contributed by atoms with van der Waals surface area (Å²) in [6.07, 6.45) is 0.163. The number of hydrogen-bond donors (Lipinski definition) is 2. The molecule has 2 N–H and O–H groups in total. The summed E-state index contributed by atoms with van der Waals surface area (Å²) in [5, 5.41) is 3.20. The Hall–Kier alpha value is -3.23. The van der Waals surface area contributed by atoms with E-state index in [4.69, 9.17) is 4.74 Å². The highest BCUT2D eigenvalue weighted by Gasteiger charge is 2.52. The highest BCUT2D eigenvalue weighted by atomic mass is 16.5. The molecule has 2 rings (SSSR count). The molecule has 1 aliphatic rings. The summed E-state index contributed by atoms with van der Waals surface area (Å²) in [4.78, 5) is 59.2. The van der Waals surface area contributed by atoms with Gasteiger partial charge >= 0.3 is 12.0 Å². The van der Waals surface area contributed by atoms with E-state index in [1.54, 1.807) is 37.3 Å². The predicted octanol–water partition coefficient (Wildman–Crippen LogP) is 0.787. The molecule has 1 fully saturated rings. The van der Waals surface area contributed by atoms with Crippen molar-refractivity contribution in [2.75, 3.05) is 6.61 Å². The number of nitrogens with zero attached hydrogens (tertiary/aromatic N) is 1. The quantitative estimate of drug-likeness (QED) is 0.512. The van der Waals surface area contributed by atoms with Crippen molar-refractivity contribution in [3.05, 3.63) is 35.9 Å². The van der Waals surface area contributed by atoms with Crippen LogP contribution in [0.1, 0.15) is 38.7 Å². The molecule has 1 aliphatic heterocycles. The fourth-order valence-electron chi connectivity index (χ4n) is 2.69. The number of carbonyl (C=O) groups excluding carboxylic acids is 5. The molecule has 0 aromatic heterocycles. The SMILES string of the molecule is CC[C@@]1(c2ccccc2)NC(=O)N(NC(=O)COC(=O)CCC(C)=O)C1=O. The van der Waals surface area contributed by atoms with Crippen LogP contribution in [0.4, 0.5) is 4.79 Å². The van der Waals surface area contributed by atoms with Crippen LogP contribution >= 0.6 is 0 Å². The Morgan fingerprint density at radius 1 is 1.15 bits per heavy atom. The Morgan fingerprint density at radius 2 is 1.81 bits per heavy atom. The van der Waals surface area contributed by atoms with Gasteiger partial charge < -0.3 is 14.8 Å². The largest absolute Gasteiger partial charge is 0.455 e. The molecule has 4 amide bonds. The summed E-state index contributed by atoms with van der Waals surface area (Å²) in [6, 6.07) is 7.92. The minimum atomic E-state index is -1.27. The second-order valence-electron chi connectivity index (χ2n) is 6.09. The number of ketones is 1. The van der Waals surface area contributed by atoms with Crippen molar-refractivity contribution < 1.29 is 28.7 Å². The lowest BCUT2D eigenvalue weighted by Gasteiger charge is -2.25. The van der Waals surface area contributed by atoms with Crippen LogP contribution in [-0.2, 0) is 29.5 Å². The number of benzene rings is 1. The van der Waals surface area contributed by atoms with E-state index in [0.717, 1.165) is 0 Å². The van der Waals surface area contributed by atoms with E-state index >= 15 is 0 Å². The third kappa shape index (κ3) is 4.49. The van der Waals surface area contributed by atoms with Crippen molar-refractivity contribution in [3.8, 4) is 0 Å². The number of esters is 1. The molecular formula is C18H21N3O6. The third-order valence-electron chi connectivity index (χ3n) is 4.17. The van der Waals surface area contributed by atoms with Gasteiger partial charge in [0.15, 0.2) is 6.61 Å². The van der Waals surface area contributed by atoms with Crippen LogP contribution in [0, 0.1) is 0 Å². The van der Waals surface area contributed by atoms with Crippen LogP contribution in [-0.4, -0.2) is 41.2 Å². The number of Topliss-reactive ketones (excluding diaryl/α,β-unsaturated/α-hetero) is 1.